The van der Waals surface area contributed by atoms with Gasteiger partial charge in [0.15, 0.2) is 0 Å². The number of phenols is 5. The Balaban J connectivity index is 0.553. The van der Waals surface area contributed by atoms with Crippen LogP contribution in [-0.4, -0.2) is 91.3 Å². The second kappa shape index (κ2) is 34.2. The Morgan fingerprint density at radius 3 is 0.824 bits per heavy atom. The predicted molar refractivity (Wildman–Crippen MR) is 535 cm³/mol. The van der Waals surface area contributed by atoms with Crippen LogP contribution in [0.1, 0.15) is 118 Å². The lowest BCUT2D eigenvalue weighted by atomic mass is 9.72. The van der Waals surface area contributed by atoms with E-state index in [2.05, 4.69) is 89.1 Å². The molecule has 0 radical (unpaired) electrons. The lowest BCUT2D eigenvalue weighted by Gasteiger charge is -2.39. The summed E-state index contributed by atoms with van der Waals surface area (Å²) in [6, 6.07) is 50.5. The largest absolute Gasteiger partial charge is 0.508 e. The van der Waals surface area contributed by atoms with Crippen molar-refractivity contribution in [3.63, 3.8) is 0 Å². The van der Waals surface area contributed by atoms with Crippen LogP contribution in [0, 0.1) is 12.3 Å². The van der Waals surface area contributed by atoms with Crippen molar-refractivity contribution in [2.45, 2.75) is 36.3 Å². The highest BCUT2D eigenvalue weighted by molar-refractivity contribution is 7.38. The fourth-order valence-corrected chi connectivity index (χ4v) is 22.5. The van der Waals surface area contributed by atoms with Crippen LogP contribution in [-0.2, 0) is 10.8 Å². The van der Waals surface area contributed by atoms with E-state index in [-0.39, 0.29) is 83.8 Å². The third-order valence-electron chi connectivity index (χ3n) is 24.9. The fraction of sp³-hybridized carbons (Fsp3) is 0.0600. The number of benzene rings is 14. The Bertz CT molecular complexity index is 7770. The smallest absolute Gasteiger partial charge is 0.411 e. The maximum absolute atomic E-state index is 16.2. The third kappa shape index (κ3) is 15.0. The standard InChI is InChI=1S/C100H66F9N4O14P9/c1-3-43-4-24-57-64(32-43)92(123)112(88(57)119)70-38-52(16-30-74(70)117)97(99(104,105)106,100(107,108)109)53-17-31-75(118)71(39-53)113-91(122)60-27-13-49(35-67(60)95(113)126)63-42-78(130)81(87(136)84(63)133)46-9-22-56(23-10-46)127-55-20-7-45(8-21-55)80-77(129)41-62(83(132)86(80)135)48-12-26-59-66(34-48)94(125)111(90(59)121)69-37-51(15-29-73(69)116)96(2,98(101,102)103)50-14-28-72(115)68(36-50)110-89(120)58-25-11-47(33-65(58)93(110)124)61-40-76(128)79(85(134)82(61)131)44-5-18-54(114)19-6-44/h1,4-42,114-118H,128-136H2,2H3. The molecule has 136 heavy (non-hydrogen) atoms. The van der Waals surface area contributed by atoms with E-state index in [9.17, 15) is 63.9 Å². The Kier molecular flexibility index (Phi) is 23.5. The number of rotatable bonds is 16. The molecular weight excluding hydrogens is 1930 g/mol. The summed E-state index contributed by atoms with van der Waals surface area (Å²) in [6.45, 7) is 0.806. The summed E-state index contributed by atoms with van der Waals surface area (Å²) < 4.78 is 150. The maximum Gasteiger partial charge on any atom is 0.411 e. The van der Waals surface area contributed by atoms with Gasteiger partial charge in [0, 0.05) is 5.56 Å². The maximum atomic E-state index is 16.2. The van der Waals surface area contributed by atoms with Crippen molar-refractivity contribution in [2.75, 3.05) is 19.6 Å². The van der Waals surface area contributed by atoms with Crippen molar-refractivity contribution in [1.82, 2.24) is 0 Å². The van der Waals surface area contributed by atoms with Crippen molar-refractivity contribution in [1.29, 1.82) is 0 Å². The topological polar surface area (TPSA) is 260 Å². The minimum Gasteiger partial charge on any atom is -0.508 e. The molecule has 678 valence electrons. The van der Waals surface area contributed by atoms with Gasteiger partial charge >= 0.3 is 18.5 Å². The number of ether oxygens (including phenoxy) is 1. The van der Waals surface area contributed by atoms with Gasteiger partial charge in [0.05, 0.1) is 67.3 Å². The van der Waals surface area contributed by atoms with Gasteiger partial charge in [-0.15, -0.1) is 89.6 Å². The molecule has 4 heterocycles. The van der Waals surface area contributed by atoms with E-state index >= 15 is 39.5 Å². The molecule has 14 aromatic carbocycles. The number of alkyl halides is 9. The number of carbonyl (C=O) groups is 8. The average Bonchev–Trinajstić information content (AvgIpc) is 0.718. The minimum atomic E-state index is -6.35. The van der Waals surface area contributed by atoms with Gasteiger partial charge in [0.1, 0.15) is 45.7 Å². The van der Waals surface area contributed by atoms with Crippen LogP contribution in [0.15, 0.2) is 237 Å². The Labute approximate surface area is 788 Å². The summed E-state index contributed by atoms with van der Waals surface area (Å²) in [6.07, 6.45) is -12.5. The molecular formula is C100H66F9N4O14P9. The molecule has 5 N–H and O–H groups in total. The number of anilines is 4. The predicted octanol–water partition coefficient (Wildman–Crippen LogP) is 17.0. The molecule has 0 aliphatic carbocycles. The SMILES string of the molecule is C#Cc1ccc2c(c1)C(=O)N(c1cc(C(c3ccc(O)c(N4C(=O)c5ccc(-c6cc(P)c(-c7ccc(Oc8ccc(-c9c(P)cc(-c%10ccc%11c(c%10)C(=O)N(c%10cc(C(C)(c%12ccc(O)c(N%13C(=O)c%14ccc(-c%15cc(P)c(-c%16ccc(O)cc%16)c(P)c%15P)cc%14C%13=O)c%12)C(F)(F)F)ccc%10O)C%11=O)c(P)c9P)cc8)cc7)c(P)c6P)cc5C4=O)c3)(C(F)(F)F)C(F)(F)F)ccc1O)C2=O. The van der Waals surface area contributed by atoms with Gasteiger partial charge in [-0.3, -0.25) is 38.4 Å². The molecule has 18 rings (SSSR count). The van der Waals surface area contributed by atoms with Crippen LogP contribution in [0.2, 0.25) is 0 Å². The highest BCUT2D eigenvalue weighted by atomic mass is 31.0. The number of hydrogen-bond acceptors (Lipinski definition) is 14. The number of terminal acetylenes is 1. The quantitative estimate of drug-likeness (QED) is 0.0261. The van der Waals surface area contributed by atoms with Gasteiger partial charge in [-0.05, 0) is 301 Å². The summed E-state index contributed by atoms with van der Waals surface area (Å²) in [7, 11) is 24.2. The molecule has 18 nitrogen and oxygen atoms in total. The van der Waals surface area contributed by atoms with E-state index in [1.165, 1.54) is 48.5 Å². The van der Waals surface area contributed by atoms with E-state index in [1.54, 1.807) is 66.7 Å². The molecule has 10 unspecified atom stereocenters. The molecule has 4 aliphatic rings. The average molecular weight is 2000 g/mol. The number of halogens is 9. The Morgan fingerprint density at radius 1 is 0.279 bits per heavy atom. The molecule has 0 saturated heterocycles. The van der Waals surface area contributed by atoms with E-state index in [4.69, 9.17) is 11.2 Å². The normalized spacial score (nSPS) is 14.2. The van der Waals surface area contributed by atoms with Gasteiger partial charge in [-0.25, -0.2) is 19.6 Å². The zero-order chi connectivity index (χ0) is 97.4. The summed E-state index contributed by atoms with van der Waals surface area (Å²) in [5.74, 6) is -8.92. The molecule has 0 spiro atoms. The second-order valence-corrected chi connectivity index (χ2v) is 37.8. The van der Waals surface area contributed by atoms with Crippen molar-refractivity contribution in [3.8, 4) is 119 Å². The number of fused-ring (bicyclic) bond motifs is 4. The summed E-state index contributed by atoms with van der Waals surface area (Å²) in [4.78, 5) is 116. The molecule has 14 aromatic rings. The monoisotopic (exact) mass is 2000 g/mol. The zero-order valence-corrected chi connectivity index (χ0v) is 80.3. The minimum absolute atomic E-state index is 0.0805. The summed E-state index contributed by atoms with van der Waals surface area (Å²) in [5, 5.41) is 61.2. The third-order valence-corrected chi connectivity index (χ3v) is 31.0. The number of aromatic hydroxyl groups is 5. The van der Waals surface area contributed by atoms with Gasteiger partial charge in [0.2, 0.25) is 5.41 Å². The van der Waals surface area contributed by atoms with E-state index in [0.29, 0.717) is 99.4 Å². The molecule has 8 amide bonds. The molecule has 4 aliphatic heterocycles. The fourth-order valence-electron chi connectivity index (χ4n) is 17.9. The second-order valence-electron chi connectivity index (χ2n) is 32.5. The Hall–Kier alpha value is -12.8. The van der Waals surface area contributed by atoms with Crippen LogP contribution in [0.25, 0.3) is 66.8 Å². The molecule has 0 saturated carbocycles. The van der Waals surface area contributed by atoms with E-state index in [0.717, 1.165) is 110 Å². The van der Waals surface area contributed by atoms with E-state index in [1.807, 2.05) is 36.4 Å². The van der Waals surface area contributed by atoms with Crippen molar-refractivity contribution < 1.29 is 108 Å². The first-order valence-electron chi connectivity index (χ1n) is 40.5. The molecule has 10 atom stereocenters. The number of hydrogen-bond donors (Lipinski definition) is 5. The Morgan fingerprint density at radius 2 is 0.537 bits per heavy atom. The van der Waals surface area contributed by atoms with Gasteiger partial charge in [-0.2, -0.15) is 39.5 Å². The number of nitrogens with zero attached hydrogens (tertiary/aromatic N) is 4. The van der Waals surface area contributed by atoms with Crippen LogP contribution >= 0.6 is 83.2 Å². The lowest BCUT2D eigenvalue weighted by molar-refractivity contribution is -0.288. The number of carbonyl (C=O) groups excluding carboxylic acids is 8. The van der Waals surface area contributed by atoms with Crippen LogP contribution < -0.4 is 72.1 Å². The van der Waals surface area contributed by atoms with Crippen molar-refractivity contribution >= 4 is 201 Å². The van der Waals surface area contributed by atoms with Gasteiger partial charge in [-0.1, -0.05) is 84.8 Å². The van der Waals surface area contributed by atoms with Crippen LogP contribution in [0.4, 0.5) is 62.3 Å². The first-order chi connectivity index (χ1) is 64.3. The van der Waals surface area contributed by atoms with Gasteiger partial charge < -0.3 is 30.3 Å². The molecule has 0 bridgehead atoms. The molecule has 0 fully saturated rings. The van der Waals surface area contributed by atoms with Crippen LogP contribution in [0.3, 0.4) is 0 Å². The number of amides is 8. The van der Waals surface area contributed by atoms with Crippen molar-refractivity contribution in [2.24, 2.45) is 0 Å². The van der Waals surface area contributed by atoms with Gasteiger partial charge in [0.25, 0.3) is 47.3 Å². The zero-order valence-electron chi connectivity index (χ0n) is 69.9. The van der Waals surface area contributed by atoms with Crippen molar-refractivity contribution in [3.05, 3.63) is 309 Å². The number of phenolic OH excluding ortho intramolecular Hbond substituents is 5. The highest BCUT2D eigenvalue weighted by Crippen LogP contribution is 2.59. The summed E-state index contributed by atoms with van der Waals surface area (Å²) >= 11 is 0. The first-order valence-corrected chi connectivity index (χ1v) is 45.7. The van der Waals surface area contributed by atoms with Crippen LogP contribution in [0.5, 0.6) is 40.2 Å². The summed E-state index contributed by atoms with van der Waals surface area (Å²) in [5.41, 5.74) is -9.70. The molecule has 0 aromatic heterocycles. The highest BCUT2D eigenvalue weighted by Gasteiger charge is 2.73. The van der Waals surface area contributed by atoms with E-state index < -0.39 is 145 Å². The first kappa shape index (κ1) is 93.6. The number of imide groups is 4. The lowest BCUT2D eigenvalue weighted by Crippen LogP contribution is -2.55. The molecule has 36 heteroatoms.